The van der Waals surface area contributed by atoms with Crippen LogP contribution >= 0.6 is 0 Å². The number of carbonyl (C=O) groups is 1. The van der Waals surface area contributed by atoms with Crippen LogP contribution in [0, 0.1) is 0 Å². The number of fused-ring (bicyclic) bond motifs is 2. The summed E-state index contributed by atoms with van der Waals surface area (Å²) in [5.41, 5.74) is 0.702. The number of carbonyl (C=O) groups excluding carboxylic acids is 1. The van der Waals surface area contributed by atoms with Crippen LogP contribution in [0.2, 0.25) is 0 Å². The number of esters is 1. The molecule has 0 atom stereocenters. The second-order valence-corrected chi connectivity index (χ2v) is 6.54. The van der Waals surface area contributed by atoms with E-state index in [-0.39, 0.29) is 25.7 Å². The third kappa shape index (κ3) is 2.90. The molecule has 0 saturated carbocycles. The Kier molecular flexibility index (Phi) is 4.34. The van der Waals surface area contributed by atoms with E-state index in [1.54, 1.807) is 11.6 Å². The van der Waals surface area contributed by atoms with E-state index in [1.807, 2.05) is 41.1 Å². The Morgan fingerprint density at radius 3 is 2.68 bits per heavy atom. The van der Waals surface area contributed by atoms with Crippen LogP contribution in [-0.2, 0) is 36.7 Å². The van der Waals surface area contributed by atoms with Crippen LogP contribution in [0.1, 0.15) is 0 Å². The van der Waals surface area contributed by atoms with Gasteiger partial charge in [0.05, 0.1) is 12.9 Å². The first-order chi connectivity index (χ1) is 13.5. The Bertz CT molecular complexity index is 1310. The summed E-state index contributed by atoms with van der Waals surface area (Å²) in [6.45, 7) is 0.464. The van der Waals surface area contributed by atoms with Gasteiger partial charge in [-0.2, -0.15) is 0 Å². The van der Waals surface area contributed by atoms with Gasteiger partial charge in [0.15, 0.2) is 11.2 Å². The zero-order valence-electron chi connectivity index (χ0n) is 15.5. The van der Waals surface area contributed by atoms with Crippen molar-refractivity contribution in [2.24, 2.45) is 14.1 Å². The van der Waals surface area contributed by atoms with Crippen molar-refractivity contribution in [3.8, 4) is 0 Å². The Morgan fingerprint density at radius 2 is 1.86 bits per heavy atom. The van der Waals surface area contributed by atoms with Crippen molar-refractivity contribution in [1.29, 1.82) is 0 Å². The first-order valence-corrected chi connectivity index (χ1v) is 8.77. The molecule has 0 aliphatic carbocycles. The number of aryl methyl sites for hydroxylation is 1. The molecule has 3 heterocycles. The number of benzene rings is 1. The molecule has 9 nitrogen and oxygen atoms in total. The van der Waals surface area contributed by atoms with Gasteiger partial charge < -0.3 is 13.9 Å². The highest BCUT2D eigenvalue weighted by Gasteiger charge is 2.14. The van der Waals surface area contributed by atoms with Gasteiger partial charge in [-0.25, -0.2) is 9.78 Å². The minimum atomic E-state index is -0.437. The number of aromatic nitrogens is 5. The molecule has 3 aromatic heterocycles. The van der Waals surface area contributed by atoms with E-state index >= 15 is 0 Å². The van der Waals surface area contributed by atoms with Gasteiger partial charge in [0.1, 0.15) is 13.2 Å². The molecular formula is C19H19N5O4. The van der Waals surface area contributed by atoms with Gasteiger partial charge in [0.25, 0.3) is 5.56 Å². The van der Waals surface area contributed by atoms with E-state index in [1.165, 1.54) is 17.9 Å². The molecule has 0 aliphatic rings. The predicted octanol–water partition coefficient (Wildman–Crippen LogP) is 0.632. The molecule has 4 rings (SSSR count). The van der Waals surface area contributed by atoms with E-state index < -0.39 is 11.2 Å². The summed E-state index contributed by atoms with van der Waals surface area (Å²) >= 11 is 0. The number of nitrogens with zero attached hydrogens (tertiary/aromatic N) is 5. The zero-order valence-corrected chi connectivity index (χ0v) is 15.5. The minimum Gasteiger partial charge on any atom is -0.462 e. The average Bonchev–Trinajstić information content (AvgIpc) is 3.29. The van der Waals surface area contributed by atoms with Crippen molar-refractivity contribution in [1.82, 2.24) is 23.3 Å². The number of rotatable bonds is 5. The minimum absolute atomic E-state index is 0.0927. The Hall–Kier alpha value is -3.62. The van der Waals surface area contributed by atoms with E-state index in [9.17, 15) is 14.4 Å². The molecule has 9 heteroatoms. The Morgan fingerprint density at radius 1 is 1.07 bits per heavy atom. The third-order valence-electron chi connectivity index (χ3n) is 4.79. The second kappa shape index (κ2) is 6.84. The molecule has 0 aliphatic heterocycles. The van der Waals surface area contributed by atoms with E-state index in [0.717, 1.165) is 15.5 Å². The van der Waals surface area contributed by atoms with Crippen LogP contribution < -0.4 is 11.2 Å². The van der Waals surface area contributed by atoms with Crippen LogP contribution in [0.3, 0.4) is 0 Å². The molecule has 0 amide bonds. The number of hydrogen-bond acceptors (Lipinski definition) is 5. The SMILES string of the molecule is Cn1c(=O)c2c(ncn2CCOC(=O)Cn2ccc3ccccc32)n(C)c1=O. The van der Waals surface area contributed by atoms with Crippen molar-refractivity contribution in [3.05, 3.63) is 63.7 Å². The predicted molar refractivity (Wildman–Crippen MR) is 103 cm³/mol. The molecule has 0 unspecified atom stereocenters. The van der Waals surface area contributed by atoms with Crippen molar-refractivity contribution < 1.29 is 9.53 Å². The number of imidazole rings is 1. The zero-order chi connectivity index (χ0) is 19.8. The maximum atomic E-state index is 12.4. The van der Waals surface area contributed by atoms with E-state index in [0.29, 0.717) is 11.2 Å². The third-order valence-corrected chi connectivity index (χ3v) is 4.79. The molecule has 0 spiro atoms. The summed E-state index contributed by atoms with van der Waals surface area (Å²) in [6.07, 6.45) is 3.32. The monoisotopic (exact) mass is 381 g/mol. The topological polar surface area (TPSA) is 93.1 Å². The van der Waals surface area contributed by atoms with Gasteiger partial charge in [-0.05, 0) is 17.5 Å². The molecule has 4 aromatic rings. The fourth-order valence-electron chi connectivity index (χ4n) is 3.29. The normalized spacial score (nSPS) is 11.4. The lowest BCUT2D eigenvalue weighted by Gasteiger charge is -2.09. The maximum absolute atomic E-state index is 12.4. The molecule has 0 N–H and O–H groups in total. The summed E-state index contributed by atoms with van der Waals surface area (Å²) in [5.74, 6) is -0.369. The van der Waals surface area contributed by atoms with Gasteiger partial charge in [-0.15, -0.1) is 0 Å². The highest BCUT2D eigenvalue weighted by Crippen LogP contribution is 2.15. The molecule has 144 valence electrons. The number of hydrogen-bond donors (Lipinski definition) is 0. The van der Waals surface area contributed by atoms with Crippen LogP contribution in [0.5, 0.6) is 0 Å². The molecule has 1 aromatic carbocycles. The fraction of sp³-hybridized carbons (Fsp3) is 0.263. The fourth-order valence-corrected chi connectivity index (χ4v) is 3.29. The Balaban J connectivity index is 1.46. The summed E-state index contributed by atoms with van der Waals surface area (Å²) in [5, 5.41) is 1.06. The van der Waals surface area contributed by atoms with Crippen LogP contribution in [0.25, 0.3) is 22.1 Å². The summed E-state index contributed by atoms with van der Waals surface area (Å²) in [4.78, 5) is 40.7. The van der Waals surface area contributed by atoms with Gasteiger partial charge in [0.2, 0.25) is 0 Å². The smallest absolute Gasteiger partial charge is 0.332 e. The van der Waals surface area contributed by atoms with Crippen molar-refractivity contribution in [2.45, 2.75) is 13.1 Å². The summed E-state index contributed by atoms with van der Waals surface area (Å²) in [6, 6.07) is 9.73. The lowest BCUT2D eigenvalue weighted by molar-refractivity contribution is -0.144. The first-order valence-electron chi connectivity index (χ1n) is 8.77. The first kappa shape index (κ1) is 17.8. The van der Waals surface area contributed by atoms with Crippen LogP contribution in [0.15, 0.2) is 52.4 Å². The Labute approximate surface area is 159 Å². The van der Waals surface area contributed by atoms with Crippen molar-refractivity contribution in [2.75, 3.05) is 6.61 Å². The van der Waals surface area contributed by atoms with Crippen molar-refractivity contribution >= 4 is 28.0 Å². The van der Waals surface area contributed by atoms with Gasteiger partial charge in [-0.3, -0.25) is 18.7 Å². The maximum Gasteiger partial charge on any atom is 0.332 e. The standard InChI is InChI=1S/C19H19N5O4/c1-21-17-16(18(26)22(2)19(21)27)24(12-20-17)9-10-28-15(25)11-23-8-7-13-5-3-4-6-14(13)23/h3-8,12H,9-11H2,1-2H3. The molecular weight excluding hydrogens is 362 g/mol. The van der Waals surface area contributed by atoms with Gasteiger partial charge in [0, 0.05) is 25.8 Å². The molecule has 0 saturated heterocycles. The lowest BCUT2D eigenvalue weighted by Crippen LogP contribution is -2.37. The quantitative estimate of drug-likeness (QED) is 0.473. The molecule has 0 radical (unpaired) electrons. The van der Waals surface area contributed by atoms with Crippen molar-refractivity contribution in [3.63, 3.8) is 0 Å². The summed E-state index contributed by atoms with van der Waals surface area (Å²) < 4.78 is 11.1. The lowest BCUT2D eigenvalue weighted by atomic mass is 10.2. The van der Waals surface area contributed by atoms with Crippen LogP contribution in [0.4, 0.5) is 0 Å². The van der Waals surface area contributed by atoms with E-state index in [2.05, 4.69) is 4.98 Å². The van der Waals surface area contributed by atoms with Gasteiger partial charge >= 0.3 is 11.7 Å². The highest BCUT2D eigenvalue weighted by atomic mass is 16.5. The van der Waals surface area contributed by atoms with Gasteiger partial charge in [-0.1, -0.05) is 18.2 Å². The highest BCUT2D eigenvalue weighted by molar-refractivity contribution is 5.81. The number of ether oxygens (including phenoxy) is 1. The number of para-hydroxylation sites is 1. The molecule has 0 fully saturated rings. The largest absolute Gasteiger partial charge is 0.462 e. The molecule has 0 bridgehead atoms. The molecule has 28 heavy (non-hydrogen) atoms. The average molecular weight is 381 g/mol. The summed E-state index contributed by atoms with van der Waals surface area (Å²) in [7, 11) is 2.98. The van der Waals surface area contributed by atoms with Crippen LogP contribution in [-0.4, -0.2) is 35.8 Å². The second-order valence-electron chi connectivity index (χ2n) is 6.54. The van der Waals surface area contributed by atoms with E-state index in [4.69, 9.17) is 4.74 Å².